The van der Waals surface area contributed by atoms with Crippen molar-refractivity contribution >= 4 is 15.9 Å². The number of fused-ring (bicyclic) bond motifs is 1. The second-order valence-electron chi connectivity index (χ2n) is 6.31. The molecule has 1 amide bonds. The van der Waals surface area contributed by atoms with Crippen molar-refractivity contribution in [3.63, 3.8) is 0 Å². The van der Waals surface area contributed by atoms with Crippen molar-refractivity contribution in [2.24, 2.45) is 0 Å². The average molecular weight is 336 g/mol. The number of piperazine rings is 1. The third kappa shape index (κ3) is 3.58. The van der Waals surface area contributed by atoms with E-state index in [0.717, 1.165) is 18.4 Å². The third-order valence-corrected chi connectivity index (χ3v) is 6.75. The van der Waals surface area contributed by atoms with Crippen LogP contribution in [0.2, 0.25) is 0 Å². The summed E-state index contributed by atoms with van der Waals surface area (Å²) >= 11 is 0. The highest BCUT2D eigenvalue weighted by Crippen LogP contribution is 2.23. The van der Waals surface area contributed by atoms with Gasteiger partial charge in [-0.25, -0.2) is 8.42 Å². The Hall–Kier alpha value is -1.40. The van der Waals surface area contributed by atoms with Gasteiger partial charge in [0.2, 0.25) is 15.9 Å². The van der Waals surface area contributed by atoms with Gasteiger partial charge in [-0.2, -0.15) is 4.31 Å². The summed E-state index contributed by atoms with van der Waals surface area (Å²) in [6.45, 7) is 3.45. The van der Waals surface area contributed by atoms with Crippen molar-refractivity contribution in [2.75, 3.05) is 31.9 Å². The Labute approximate surface area is 138 Å². The molecular weight excluding hydrogens is 312 g/mol. The Morgan fingerprint density at radius 2 is 1.78 bits per heavy atom. The van der Waals surface area contributed by atoms with Crippen molar-refractivity contribution in [2.45, 2.75) is 32.6 Å². The van der Waals surface area contributed by atoms with E-state index in [1.807, 2.05) is 0 Å². The smallest absolute Gasteiger partial charge is 0.227 e. The number of sulfonamides is 1. The van der Waals surface area contributed by atoms with E-state index in [9.17, 15) is 13.2 Å². The van der Waals surface area contributed by atoms with Gasteiger partial charge in [0.05, 0.1) is 12.2 Å². The number of amides is 1. The summed E-state index contributed by atoms with van der Waals surface area (Å²) < 4.78 is 25.2. The molecule has 6 heteroatoms. The maximum Gasteiger partial charge on any atom is 0.227 e. The van der Waals surface area contributed by atoms with Crippen molar-refractivity contribution in [3.05, 3.63) is 34.9 Å². The molecule has 3 rings (SSSR count). The van der Waals surface area contributed by atoms with Crippen LogP contribution in [0.25, 0.3) is 0 Å². The largest absolute Gasteiger partial charge is 0.340 e. The van der Waals surface area contributed by atoms with Gasteiger partial charge in [0.25, 0.3) is 0 Å². The minimum absolute atomic E-state index is 0.0940. The lowest BCUT2D eigenvalue weighted by molar-refractivity contribution is -0.131. The minimum Gasteiger partial charge on any atom is -0.340 e. The van der Waals surface area contributed by atoms with Crippen LogP contribution in [0.15, 0.2) is 18.2 Å². The van der Waals surface area contributed by atoms with E-state index < -0.39 is 10.0 Å². The topological polar surface area (TPSA) is 57.7 Å². The van der Waals surface area contributed by atoms with E-state index in [1.165, 1.54) is 21.9 Å². The van der Waals surface area contributed by atoms with Gasteiger partial charge in [0.15, 0.2) is 0 Å². The first-order valence-corrected chi connectivity index (χ1v) is 9.97. The summed E-state index contributed by atoms with van der Waals surface area (Å²) in [4.78, 5) is 14.2. The molecule has 2 aliphatic rings. The van der Waals surface area contributed by atoms with Crippen molar-refractivity contribution in [1.29, 1.82) is 0 Å². The quantitative estimate of drug-likeness (QED) is 0.830. The first kappa shape index (κ1) is 16.5. The van der Waals surface area contributed by atoms with E-state index in [2.05, 4.69) is 18.2 Å². The molecule has 1 aromatic rings. The first-order chi connectivity index (χ1) is 11.0. The summed E-state index contributed by atoms with van der Waals surface area (Å²) in [5.41, 5.74) is 3.87. The van der Waals surface area contributed by atoms with Gasteiger partial charge in [0.1, 0.15) is 0 Å². The monoisotopic (exact) mass is 336 g/mol. The maximum atomic E-state index is 12.5. The summed E-state index contributed by atoms with van der Waals surface area (Å²) in [6.07, 6.45) is 3.89. The highest BCUT2D eigenvalue weighted by Gasteiger charge is 2.27. The molecule has 0 saturated carbocycles. The van der Waals surface area contributed by atoms with E-state index in [4.69, 9.17) is 0 Å². The van der Waals surface area contributed by atoms with E-state index in [0.29, 0.717) is 32.6 Å². The number of hydrogen-bond donors (Lipinski definition) is 0. The van der Waals surface area contributed by atoms with Crippen molar-refractivity contribution in [3.8, 4) is 0 Å². The molecule has 0 radical (unpaired) electrons. The average Bonchev–Trinajstić information content (AvgIpc) is 3.02. The molecule has 1 aromatic carbocycles. The number of hydrogen-bond acceptors (Lipinski definition) is 3. The molecule has 1 saturated heterocycles. The second-order valence-corrected chi connectivity index (χ2v) is 8.57. The summed E-state index contributed by atoms with van der Waals surface area (Å²) in [5.74, 6) is 0.215. The van der Waals surface area contributed by atoms with Gasteiger partial charge in [0, 0.05) is 26.2 Å². The fraction of sp³-hybridized carbons (Fsp3) is 0.588. The maximum absolute atomic E-state index is 12.5. The van der Waals surface area contributed by atoms with Crippen LogP contribution in [0.3, 0.4) is 0 Å². The Balaban J connectivity index is 1.58. The number of rotatable bonds is 4. The summed E-state index contributed by atoms with van der Waals surface area (Å²) in [7, 11) is -3.14. The van der Waals surface area contributed by atoms with Gasteiger partial charge >= 0.3 is 0 Å². The Morgan fingerprint density at radius 3 is 2.48 bits per heavy atom. The third-order valence-electron chi connectivity index (χ3n) is 4.87. The van der Waals surface area contributed by atoms with E-state index >= 15 is 0 Å². The molecule has 0 bridgehead atoms. The Kier molecular flexibility index (Phi) is 4.73. The molecule has 1 fully saturated rings. The molecule has 1 heterocycles. The minimum atomic E-state index is -3.14. The van der Waals surface area contributed by atoms with E-state index in [-0.39, 0.29) is 11.7 Å². The second kappa shape index (κ2) is 6.61. The molecule has 0 aromatic heterocycles. The molecule has 0 spiro atoms. The number of carbonyl (C=O) groups is 1. The highest BCUT2D eigenvalue weighted by molar-refractivity contribution is 7.89. The molecule has 0 N–H and O–H groups in total. The lowest BCUT2D eigenvalue weighted by atomic mass is 10.0. The molecular formula is C17H24N2O3S. The molecule has 1 aliphatic carbocycles. The van der Waals surface area contributed by atoms with Gasteiger partial charge in [-0.1, -0.05) is 18.2 Å². The van der Waals surface area contributed by atoms with Crippen LogP contribution >= 0.6 is 0 Å². The highest BCUT2D eigenvalue weighted by atomic mass is 32.2. The zero-order valence-electron chi connectivity index (χ0n) is 13.6. The normalized spacial score (nSPS) is 18.9. The van der Waals surface area contributed by atoms with Crippen molar-refractivity contribution in [1.82, 2.24) is 9.21 Å². The number of benzene rings is 1. The number of carbonyl (C=O) groups excluding carboxylic acids is 1. The Morgan fingerprint density at radius 1 is 1.09 bits per heavy atom. The summed E-state index contributed by atoms with van der Waals surface area (Å²) in [5, 5.41) is 0. The molecule has 1 aliphatic heterocycles. The van der Waals surface area contributed by atoms with Crippen LogP contribution in [0, 0.1) is 0 Å². The lowest BCUT2D eigenvalue weighted by Crippen LogP contribution is -2.51. The van der Waals surface area contributed by atoms with Crippen LogP contribution in [0.5, 0.6) is 0 Å². The predicted octanol–water partition coefficient (Wildman–Crippen LogP) is 1.21. The first-order valence-electron chi connectivity index (χ1n) is 8.36. The molecule has 0 unspecified atom stereocenters. The van der Waals surface area contributed by atoms with Crippen LogP contribution in [-0.2, 0) is 34.1 Å². The van der Waals surface area contributed by atoms with Crippen LogP contribution in [-0.4, -0.2) is 55.5 Å². The molecule has 23 heavy (non-hydrogen) atoms. The van der Waals surface area contributed by atoms with Crippen LogP contribution in [0.4, 0.5) is 0 Å². The van der Waals surface area contributed by atoms with Gasteiger partial charge in [-0.15, -0.1) is 0 Å². The zero-order chi connectivity index (χ0) is 16.4. The molecule has 126 valence electrons. The SMILES string of the molecule is CCS(=O)(=O)N1CCN(C(=O)Cc2ccc3c(c2)CCC3)CC1. The Bertz CT molecular complexity index is 692. The van der Waals surface area contributed by atoms with Crippen molar-refractivity contribution < 1.29 is 13.2 Å². The van der Waals surface area contributed by atoms with Crippen LogP contribution in [0.1, 0.15) is 30.0 Å². The zero-order valence-corrected chi connectivity index (χ0v) is 14.4. The lowest BCUT2D eigenvalue weighted by Gasteiger charge is -2.34. The van der Waals surface area contributed by atoms with Gasteiger partial charge in [-0.05, 0) is 42.9 Å². The standard InChI is InChI=1S/C17H24N2O3S/c1-2-23(21,22)19-10-8-18(9-11-19)17(20)13-14-6-7-15-4-3-5-16(15)12-14/h6-7,12H,2-5,8-11,13H2,1H3. The molecule has 0 atom stereocenters. The number of aryl methyl sites for hydroxylation is 2. The molecule has 5 nitrogen and oxygen atoms in total. The van der Waals surface area contributed by atoms with Gasteiger partial charge < -0.3 is 4.90 Å². The fourth-order valence-electron chi connectivity index (χ4n) is 3.42. The van der Waals surface area contributed by atoms with Crippen LogP contribution < -0.4 is 0 Å². The van der Waals surface area contributed by atoms with Gasteiger partial charge in [-0.3, -0.25) is 4.79 Å². The fourth-order valence-corrected chi connectivity index (χ4v) is 4.50. The van der Waals surface area contributed by atoms with E-state index in [1.54, 1.807) is 11.8 Å². The number of nitrogens with zero attached hydrogens (tertiary/aromatic N) is 2. The predicted molar refractivity (Wildman–Crippen MR) is 89.8 cm³/mol. The summed E-state index contributed by atoms with van der Waals surface area (Å²) in [6, 6.07) is 6.37.